The van der Waals surface area contributed by atoms with Crippen molar-refractivity contribution in [1.82, 2.24) is 0 Å². The molecular weight excluding hydrogens is 264 g/mol. The Kier molecular flexibility index (Phi) is 2.91. The zero-order valence-corrected chi connectivity index (χ0v) is 13.3. The molecule has 1 unspecified atom stereocenters. The van der Waals surface area contributed by atoms with E-state index in [1.165, 1.54) is 0 Å². The van der Waals surface area contributed by atoms with E-state index in [9.17, 15) is 14.7 Å². The van der Waals surface area contributed by atoms with Crippen molar-refractivity contribution >= 4 is 11.6 Å². The number of fused-ring (bicyclic) bond motifs is 3. The standard InChI is InChI=1S/C18H24O3/c1-16(2)14(21)6-8-18(4)13-9-11(19)5-7-17(13,3)10-12(20)15(16)18/h5,7,9,12,15,20H,6,8,10H2,1-4H3/t12-,15-,17?,18+/m0/s1. The molecule has 4 atom stereocenters. The van der Waals surface area contributed by atoms with E-state index in [0.29, 0.717) is 12.8 Å². The first-order valence-electron chi connectivity index (χ1n) is 7.78. The number of aliphatic hydroxyl groups is 1. The van der Waals surface area contributed by atoms with Crippen molar-refractivity contribution in [2.45, 2.75) is 53.1 Å². The van der Waals surface area contributed by atoms with Gasteiger partial charge in [-0.2, -0.15) is 0 Å². The summed E-state index contributed by atoms with van der Waals surface area (Å²) in [5, 5.41) is 10.8. The summed E-state index contributed by atoms with van der Waals surface area (Å²) in [7, 11) is 0. The quantitative estimate of drug-likeness (QED) is 0.745. The van der Waals surface area contributed by atoms with Gasteiger partial charge in [0.15, 0.2) is 5.78 Å². The average molecular weight is 288 g/mol. The van der Waals surface area contributed by atoms with Crippen molar-refractivity contribution in [2.24, 2.45) is 22.2 Å². The molecule has 21 heavy (non-hydrogen) atoms. The van der Waals surface area contributed by atoms with Crippen LogP contribution >= 0.6 is 0 Å². The highest BCUT2D eigenvalue weighted by Crippen LogP contribution is 2.63. The van der Waals surface area contributed by atoms with Crippen LogP contribution in [-0.2, 0) is 9.59 Å². The molecule has 2 saturated carbocycles. The second-order valence-corrected chi connectivity index (χ2v) is 8.02. The zero-order valence-electron chi connectivity index (χ0n) is 13.3. The van der Waals surface area contributed by atoms with E-state index >= 15 is 0 Å². The summed E-state index contributed by atoms with van der Waals surface area (Å²) >= 11 is 0. The van der Waals surface area contributed by atoms with Crippen molar-refractivity contribution in [1.29, 1.82) is 0 Å². The van der Waals surface area contributed by atoms with Crippen LogP contribution in [0.15, 0.2) is 23.8 Å². The van der Waals surface area contributed by atoms with Gasteiger partial charge in [0.1, 0.15) is 5.78 Å². The monoisotopic (exact) mass is 288 g/mol. The summed E-state index contributed by atoms with van der Waals surface area (Å²) in [6.07, 6.45) is 6.62. The predicted octanol–water partition coefficient (Wildman–Crippen LogP) is 2.83. The van der Waals surface area contributed by atoms with Crippen LogP contribution in [-0.4, -0.2) is 22.8 Å². The first-order chi connectivity index (χ1) is 9.61. The largest absolute Gasteiger partial charge is 0.393 e. The Morgan fingerprint density at radius 1 is 1.19 bits per heavy atom. The molecule has 0 aromatic carbocycles. The summed E-state index contributed by atoms with van der Waals surface area (Å²) in [5.74, 6) is 0.129. The number of hydrogen-bond donors (Lipinski definition) is 1. The highest BCUT2D eigenvalue weighted by atomic mass is 16.3. The van der Waals surface area contributed by atoms with Gasteiger partial charge in [-0.05, 0) is 30.4 Å². The van der Waals surface area contributed by atoms with Gasteiger partial charge in [-0.25, -0.2) is 0 Å². The van der Waals surface area contributed by atoms with Crippen LogP contribution in [0.3, 0.4) is 0 Å². The molecular formula is C18H24O3. The summed E-state index contributed by atoms with van der Waals surface area (Å²) in [6.45, 7) is 8.12. The molecule has 3 aliphatic rings. The van der Waals surface area contributed by atoms with Gasteiger partial charge in [0.2, 0.25) is 0 Å². The SMILES string of the molecule is CC12C=CC(=O)C=C1[C@@]1(C)CCC(=O)C(C)(C)[C@@H]1[C@@H](O)C2. The van der Waals surface area contributed by atoms with E-state index < -0.39 is 11.5 Å². The second-order valence-electron chi connectivity index (χ2n) is 8.02. The molecule has 0 heterocycles. The van der Waals surface area contributed by atoms with E-state index in [4.69, 9.17) is 0 Å². The summed E-state index contributed by atoms with van der Waals surface area (Å²) in [6, 6.07) is 0. The lowest BCUT2D eigenvalue weighted by molar-refractivity contribution is -0.152. The van der Waals surface area contributed by atoms with E-state index in [0.717, 1.165) is 12.0 Å². The van der Waals surface area contributed by atoms with Gasteiger partial charge in [-0.15, -0.1) is 0 Å². The topological polar surface area (TPSA) is 54.4 Å². The van der Waals surface area contributed by atoms with E-state index in [2.05, 4.69) is 13.8 Å². The minimum Gasteiger partial charge on any atom is -0.393 e. The first-order valence-corrected chi connectivity index (χ1v) is 7.78. The molecule has 0 aromatic heterocycles. The molecule has 1 N–H and O–H groups in total. The van der Waals surface area contributed by atoms with Crippen LogP contribution < -0.4 is 0 Å². The van der Waals surface area contributed by atoms with Crippen LogP contribution in [0.25, 0.3) is 0 Å². The molecule has 2 fully saturated rings. The van der Waals surface area contributed by atoms with Crippen molar-refractivity contribution < 1.29 is 14.7 Å². The van der Waals surface area contributed by atoms with E-state index in [1.54, 1.807) is 12.2 Å². The summed E-state index contributed by atoms with van der Waals surface area (Å²) < 4.78 is 0. The molecule has 3 rings (SSSR count). The number of hydrogen-bond acceptors (Lipinski definition) is 3. The van der Waals surface area contributed by atoms with Crippen molar-refractivity contribution in [3.63, 3.8) is 0 Å². The Morgan fingerprint density at radius 2 is 1.86 bits per heavy atom. The van der Waals surface area contributed by atoms with E-state index in [-0.39, 0.29) is 28.3 Å². The highest BCUT2D eigenvalue weighted by Gasteiger charge is 2.61. The Labute approximate surface area is 126 Å². The molecule has 0 aromatic rings. The van der Waals surface area contributed by atoms with Crippen LogP contribution in [0.4, 0.5) is 0 Å². The normalized spacial score (nSPS) is 44.9. The smallest absolute Gasteiger partial charge is 0.178 e. The minimum atomic E-state index is -0.543. The first kappa shape index (κ1) is 14.7. The van der Waals surface area contributed by atoms with Crippen LogP contribution in [0.1, 0.15) is 47.0 Å². The third kappa shape index (κ3) is 1.83. The molecule has 0 aliphatic heterocycles. The van der Waals surface area contributed by atoms with Crippen LogP contribution in [0.5, 0.6) is 0 Å². The number of carbonyl (C=O) groups excluding carboxylic acids is 2. The Hall–Kier alpha value is -1.22. The predicted molar refractivity (Wildman–Crippen MR) is 80.6 cm³/mol. The fourth-order valence-corrected chi connectivity index (χ4v) is 5.29. The van der Waals surface area contributed by atoms with Gasteiger partial charge in [0.05, 0.1) is 6.10 Å². The molecule has 3 nitrogen and oxygen atoms in total. The van der Waals surface area contributed by atoms with Gasteiger partial charge in [0.25, 0.3) is 0 Å². The highest BCUT2D eigenvalue weighted by molar-refractivity contribution is 6.01. The molecule has 0 saturated heterocycles. The molecule has 0 bridgehead atoms. The maximum Gasteiger partial charge on any atom is 0.178 e. The van der Waals surface area contributed by atoms with Crippen LogP contribution in [0.2, 0.25) is 0 Å². The number of carbonyl (C=O) groups is 2. The van der Waals surface area contributed by atoms with Crippen molar-refractivity contribution in [3.8, 4) is 0 Å². The van der Waals surface area contributed by atoms with Gasteiger partial charge < -0.3 is 5.11 Å². The van der Waals surface area contributed by atoms with Gasteiger partial charge in [-0.1, -0.05) is 39.3 Å². The van der Waals surface area contributed by atoms with E-state index in [1.807, 2.05) is 19.9 Å². The number of allylic oxidation sites excluding steroid dienone is 4. The molecule has 0 spiro atoms. The molecule has 3 heteroatoms. The van der Waals surface area contributed by atoms with Gasteiger partial charge in [0, 0.05) is 23.2 Å². The third-order valence-corrected chi connectivity index (χ3v) is 6.20. The third-order valence-electron chi connectivity index (χ3n) is 6.20. The van der Waals surface area contributed by atoms with Gasteiger partial charge in [-0.3, -0.25) is 9.59 Å². The molecule has 3 aliphatic carbocycles. The van der Waals surface area contributed by atoms with Crippen molar-refractivity contribution in [2.75, 3.05) is 0 Å². The Bertz CT molecular complexity index is 583. The minimum absolute atomic E-state index is 0.0218. The Balaban J connectivity index is 2.17. The fourth-order valence-electron chi connectivity index (χ4n) is 5.29. The number of Topliss-reactive ketones (excluding diaryl/α,β-unsaturated/α-hetero) is 1. The van der Waals surface area contributed by atoms with Crippen LogP contribution in [0, 0.1) is 22.2 Å². The molecule has 0 amide bonds. The van der Waals surface area contributed by atoms with Crippen molar-refractivity contribution in [3.05, 3.63) is 23.8 Å². The lowest BCUT2D eigenvalue weighted by Crippen LogP contribution is -2.59. The average Bonchev–Trinajstić information content (AvgIpc) is 2.36. The lowest BCUT2D eigenvalue weighted by Gasteiger charge is -2.60. The lowest BCUT2D eigenvalue weighted by atomic mass is 9.44. The fraction of sp³-hybridized carbons (Fsp3) is 0.667. The summed E-state index contributed by atoms with van der Waals surface area (Å²) in [4.78, 5) is 24.2. The number of aliphatic hydroxyl groups excluding tert-OH is 1. The second kappa shape index (κ2) is 4.16. The Morgan fingerprint density at radius 3 is 2.52 bits per heavy atom. The number of rotatable bonds is 0. The zero-order chi connectivity index (χ0) is 15.6. The maximum absolute atomic E-state index is 12.4. The maximum atomic E-state index is 12.4. The number of ketones is 2. The summed E-state index contributed by atoms with van der Waals surface area (Å²) in [5.41, 5.74) is 0.0105. The molecule has 114 valence electrons. The van der Waals surface area contributed by atoms with Gasteiger partial charge >= 0.3 is 0 Å². The molecule has 0 radical (unpaired) electrons.